The molecule has 3 aromatic heterocycles. The molecule has 0 saturated heterocycles. The molecule has 4 atom stereocenters. The summed E-state index contributed by atoms with van der Waals surface area (Å²) in [6, 6.07) is -0.00253. The number of carbonyl (C=O) groups excluding carboxylic acids is 2. The van der Waals surface area contributed by atoms with Crippen LogP contribution in [0.3, 0.4) is 0 Å². The molecule has 2 N–H and O–H groups in total. The fraction of sp³-hybridized carbons (Fsp3) is 0.615. The van der Waals surface area contributed by atoms with Crippen LogP contribution < -0.4 is 10.6 Å². The van der Waals surface area contributed by atoms with Crippen LogP contribution in [0, 0.1) is 24.7 Å². The van der Waals surface area contributed by atoms with Gasteiger partial charge in [-0.1, -0.05) is 12.1 Å². The van der Waals surface area contributed by atoms with E-state index in [2.05, 4.69) is 35.7 Å². The van der Waals surface area contributed by atoms with Crippen molar-refractivity contribution in [1.29, 1.82) is 0 Å². The van der Waals surface area contributed by atoms with Gasteiger partial charge in [-0.25, -0.2) is 27.3 Å². The molecular weight excluding hydrogens is 572 g/mol. The molecule has 2 aliphatic rings. The second-order valence-electron chi connectivity index (χ2n) is 11.2. The molecule has 0 aliphatic heterocycles. The van der Waals surface area contributed by atoms with Crippen LogP contribution in [0.15, 0.2) is 23.1 Å². The molecule has 2 saturated carbocycles. The van der Waals surface area contributed by atoms with Crippen LogP contribution in [0.2, 0.25) is 0 Å². The molecule has 5 rings (SSSR count). The minimum Gasteiger partial charge on any atom is -0.346 e. The quantitative estimate of drug-likeness (QED) is 0.337. The second-order valence-corrected chi connectivity index (χ2v) is 11.2. The third-order valence-electron chi connectivity index (χ3n) is 8.02. The number of carbonyl (C=O) groups is 2. The normalized spacial score (nSPS) is 20.6. The SMILES string of the molecule is Cc1nonc1C(=O)N[C@H](c1cn2ncc(C(NC(=O)[C@H](F)[C@@H](C)C(F)(F)F)C3CC3)cc2n1)C1CCC(F)(F)CC1. The smallest absolute Gasteiger partial charge is 0.346 e. The molecule has 3 aromatic rings. The van der Waals surface area contributed by atoms with Crippen molar-refractivity contribution in [2.24, 2.45) is 17.8 Å². The van der Waals surface area contributed by atoms with Gasteiger partial charge in [-0.2, -0.15) is 18.3 Å². The van der Waals surface area contributed by atoms with Crippen molar-refractivity contribution in [2.75, 3.05) is 0 Å². The predicted molar refractivity (Wildman–Crippen MR) is 133 cm³/mol. The first-order valence-electron chi connectivity index (χ1n) is 13.6. The zero-order valence-electron chi connectivity index (χ0n) is 22.7. The van der Waals surface area contributed by atoms with Crippen molar-refractivity contribution in [2.45, 2.75) is 82.7 Å². The highest BCUT2D eigenvalue weighted by molar-refractivity contribution is 5.93. The number of hydrogen-bond donors (Lipinski definition) is 2. The Kier molecular flexibility index (Phi) is 7.91. The second kappa shape index (κ2) is 11.2. The number of nitrogens with zero attached hydrogens (tertiary/aromatic N) is 5. The summed E-state index contributed by atoms with van der Waals surface area (Å²) >= 11 is 0. The van der Waals surface area contributed by atoms with Crippen molar-refractivity contribution < 1.29 is 40.6 Å². The van der Waals surface area contributed by atoms with Crippen LogP contribution in [-0.2, 0) is 4.79 Å². The first-order chi connectivity index (χ1) is 19.7. The van der Waals surface area contributed by atoms with E-state index < -0.39 is 48.1 Å². The number of fused-ring (bicyclic) bond motifs is 1. The molecule has 0 spiro atoms. The maximum absolute atomic E-state index is 14.4. The van der Waals surface area contributed by atoms with Crippen LogP contribution in [-0.4, -0.2) is 55.0 Å². The highest BCUT2D eigenvalue weighted by atomic mass is 19.4. The van der Waals surface area contributed by atoms with Crippen molar-refractivity contribution in [3.8, 4) is 0 Å². The van der Waals surface area contributed by atoms with Crippen molar-refractivity contribution in [3.05, 3.63) is 41.1 Å². The number of aromatic nitrogens is 5. The third-order valence-corrected chi connectivity index (χ3v) is 8.02. The fourth-order valence-electron chi connectivity index (χ4n) is 5.23. The largest absolute Gasteiger partial charge is 0.394 e. The summed E-state index contributed by atoms with van der Waals surface area (Å²) in [6.07, 6.45) is -3.81. The van der Waals surface area contributed by atoms with Gasteiger partial charge in [-0.15, -0.1) is 0 Å². The molecule has 16 heteroatoms. The van der Waals surface area contributed by atoms with Gasteiger partial charge >= 0.3 is 6.18 Å². The van der Waals surface area contributed by atoms with Gasteiger partial charge < -0.3 is 10.6 Å². The monoisotopic (exact) mass is 601 g/mol. The van der Waals surface area contributed by atoms with Gasteiger partial charge in [0, 0.05) is 12.8 Å². The van der Waals surface area contributed by atoms with Gasteiger partial charge in [0.15, 0.2) is 17.5 Å². The maximum atomic E-state index is 14.4. The summed E-state index contributed by atoms with van der Waals surface area (Å²) in [4.78, 5) is 30.0. The van der Waals surface area contributed by atoms with E-state index in [1.54, 1.807) is 6.07 Å². The standard InChI is InChI=1S/C26H29F6N7O3/c1-12(26(30,31)32)19(27)23(40)35-21(14-3-4-14)16-9-18-34-17(11-39(18)33-10-16)22(15-5-7-25(28,29)8-6-15)36-24(41)20-13(2)37-42-38-20/h9-12,14-15,19,21-22H,3-8H2,1-2H3,(H,35,40)(H,36,41)/t12-,19-,21?,22+/m1/s1. The van der Waals surface area contributed by atoms with E-state index in [-0.39, 0.29) is 54.6 Å². The molecule has 0 radical (unpaired) electrons. The number of imidazole rings is 1. The Bertz CT molecular complexity index is 1440. The minimum atomic E-state index is -4.87. The molecule has 1 unspecified atom stereocenters. The Morgan fingerprint density at radius 2 is 1.74 bits per heavy atom. The summed E-state index contributed by atoms with van der Waals surface area (Å²) in [5, 5.41) is 16.7. The van der Waals surface area contributed by atoms with Crippen LogP contribution in [0.4, 0.5) is 26.3 Å². The third kappa shape index (κ3) is 6.36. The molecule has 2 aliphatic carbocycles. The lowest BCUT2D eigenvalue weighted by Crippen LogP contribution is -2.43. The van der Waals surface area contributed by atoms with E-state index in [4.69, 9.17) is 0 Å². The number of rotatable bonds is 9. The summed E-state index contributed by atoms with van der Waals surface area (Å²) in [7, 11) is 0. The highest BCUT2D eigenvalue weighted by Crippen LogP contribution is 2.43. The first kappa shape index (κ1) is 29.8. The Hall–Kier alpha value is -3.72. The van der Waals surface area contributed by atoms with Crippen molar-refractivity contribution in [1.82, 2.24) is 35.5 Å². The molecule has 42 heavy (non-hydrogen) atoms. The zero-order valence-corrected chi connectivity index (χ0v) is 22.7. The summed E-state index contributed by atoms with van der Waals surface area (Å²) in [6.45, 7) is 2.14. The van der Waals surface area contributed by atoms with Gasteiger partial charge in [0.2, 0.25) is 5.92 Å². The number of amides is 2. The van der Waals surface area contributed by atoms with E-state index >= 15 is 0 Å². The minimum absolute atomic E-state index is 0.0562. The molecule has 10 nitrogen and oxygen atoms in total. The molecule has 0 aromatic carbocycles. The molecule has 0 bridgehead atoms. The number of nitrogens with one attached hydrogen (secondary N) is 2. The lowest BCUT2D eigenvalue weighted by molar-refractivity contribution is -0.188. The highest BCUT2D eigenvalue weighted by Gasteiger charge is 2.46. The van der Waals surface area contributed by atoms with Crippen LogP contribution >= 0.6 is 0 Å². The lowest BCUT2D eigenvalue weighted by atomic mass is 9.81. The van der Waals surface area contributed by atoms with Gasteiger partial charge in [0.05, 0.1) is 36.1 Å². The molecular formula is C26H29F6N7O3. The van der Waals surface area contributed by atoms with Crippen LogP contribution in [0.1, 0.15) is 85.0 Å². The van der Waals surface area contributed by atoms with E-state index in [9.17, 15) is 35.9 Å². The Morgan fingerprint density at radius 1 is 1.07 bits per heavy atom. The number of alkyl halides is 6. The first-order valence-corrected chi connectivity index (χ1v) is 13.6. The van der Waals surface area contributed by atoms with Gasteiger partial charge in [-0.05, 0) is 61.2 Å². The zero-order chi connectivity index (χ0) is 30.4. The number of hydrogen-bond acceptors (Lipinski definition) is 7. The van der Waals surface area contributed by atoms with Gasteiger partial charge in [-0.3, -0.25) is 9.59 Å². The van der Waals surface area contributed by atoms with Gasteiger partial charge in [0.1, 0.15) is 5.69 Å². The topological polar surface area (TPSA) is 127 Å². The van der Waals surface area contributed by atoms with Gasteiger partial charge in [0.25, 0.3) is 11.8 Å². The summed E-state index contributed by atoms with van der Waals surface area (Å²) < 4.78 is 87.1. The maximum Gasteiger partial charge on any atom is 0.394 e. The average Bonchev–Trinajstić information content (AvgIpc) is 3.54. The predicted octanol–water partition coefficient (Wildman–Crippen LogP) is 4.82. The van der Waals surface area contributed by atoms with Crippen molar-refractivity contribution >= 4 is 17.5 Å². The van der Waals surface area contributed by atoms with Crippen molar-refractivity contribution in [3.63, 3.8) is 0 Å². The summed E-state index contributed by atoms with van der Waals surface area (Å²) in [5.41, 5.74) is 1.23. The Labute approximate surface area is 235 Å². The molecule has 2 amide bonds. The van der Waals surface area contributed by atoms with E-state index in [0.29, 0.717) is 31.0 Å². The molecule has 2 fully saturated rings. The summed E-state index contributed by atoms with van der Waals surface area (Å²) in [5.74, 6) is -7.75. The average molecular weight is 602 g/mol. The van der Waals surface area contributed by atoms with Crippen LogP contribution in [0.5, 0.6) is 0 Å². The number of aryl methyl sites for hydroxylation is 1. The Morgan fingerprint density at radius 3 is 2.33 bits per heavy atom. The Balaban J connectivity index is 1.41. The van der Waals surface area contributed by atoms with E-state index in [0.717, 1.165) is 0 Å². The fourth-order valence-corrected chi connectivity index (χ4v) is 5.23. The lowest BCUT2D eigenvalue weighted by Gasteiger charge is -2.33. The molecule has 3 heterocycles. The van der Waals surface area contributed by atoms with E-state index in [1.165, 1.54) is 23.8 Å². The van der Waals surface area contributed by atoms with E-state index in [1.807, 2.05) is 0 Å². The number of halogens is 6. The van der Waals surface area contributed by atoms with Crippen LogP contribution in [0.25, 0.3) is 5.65 Å². The molecule has 228 valence electrons.